The van der Waals surface area contributed by atoms with Crippen molar-refractivity contribution in [1.29, 1.82) is 0 Å². The first-order valence-corrected chi connectivity index (χ1v) is 5.24. The van der Waals surface area contributed by atoms with Gasteiger partial charge in [0.15, 0.2) is 17.9 Å². The maximum absolute atomic E-state index is 13.7. The topological polar surface area (TPSA) is 17.1 Å². The fourth-order valence-corrected chi connectivity index (χ4v) is 1.67. The zero-order chi connectivity index (χ0) is 13.3. The molecular weight excluding hydrogens is 241 g/mol. The van der Waals surface area contributed by atoms with Crippen LogP contribution in [0, 0.1) is 24.4 Å². The van der Waals surface area contributed by atoms with Crippen LogP contribution in [0.25, 0.3) is 11.1 Å². The number of halogens is 3. The van der Waals surface area contributed by atoms with Gasteiger partial charge >= 0.3 is 0 Å². The zero-order valence-corrected chi connectivity index (χ0v) is 9.51. The van der Waals surface area contributed by atoms with Gasteiger partial charge in [0.1, 0.15) is 5.82 Å². The van der Waals surface area contributed by atoms with Crippen molar-refractivity contribution in [2.45, 2.75) is 6.92 Å². The Morgan fingerprint density at radius 3 is 2.39 bits per heavy atom. The second-order valence-electron chi connectivity index (χ2n) is 3.91. The molecule has 0 bridgehead atoms. The van der Waals surface area contributed by atoms with Crippen LogP contribution in [0.15, 0.2) is 30.3 Å². The third kappa shape index (κ3) is 2.01. The number of carbonyl (C=O) groups is 1. The normalized spacial score (nSPS) is 10.4. The molecule has 0 saturated heterocycles. The molecule has 0 atom stereocenters. The van der Waals surface area contributed by atoms with Crippen molar-refractivity contribution in [3.63, 3.8) is 0 Å². The zero-order valence-electron chi connectivity index (χ0n) is 9.51. The van der Waals surface area contributed by atoms with E-state index in [2.05, 4.69) is 0 Å². The molecule has 0 fully saturated rings. The standard InChI is InChI=1S/C14H9F3O/c1-8-2-4-11(14(17)13(8)16)9-3-5-12(15)10(6-9)7-18/h2-7H,1H3. The van der Waals surface area contributed by atoms with Gasteiger partial charge in [-0.25, -0.2) is 13.2 Å². The SMILES string of the molecule is Cc1ccc(-c2ccc(F)c(C=O)c2)c(F)c1F. The summed E-state index contributed by atoms with van der Waals surface area (Å²) in [5.41, 5.74) is 0.262. The van der Waals surface area contributed by atoms with Crippen LogP contribution in [0.2, 0.25) is 0 Å². The van der Waals surface area contributed by atoms with Gasteiger partial charge in [0, 0.05) is 5.56 Å². The van der Waals surface area contributed by atoms with E-state index in [-0.39, 0.29) is 22.3 Å². The summed E-state index contributed by atoms with van der Waals surface area (Å²) in [6.45, 7) is 1.45. The Kier molecular flexibility index (Phi) is 3.19. The molecule has 0 unspecified atom stereocenters. The number of carbonyl (C=O) groups excluding carboxylic acids is 1. The molecule has 0 saturated carbocycles. The summed E-state index contributed by atoms with van der Waals surface area (Å²) in [6, 6.07) is 6.37. The quantitative estimate of drug-likeness (QED) is 0.739. The van der Waals surface area contributed by atoms with Crippen LogP contribution >= 0.6 is 0 Å². The van der Waals surface area contributed by atoms with Crippen molar-refractivity contribution in [2.75, 3.05) is 0 Å². The lowest BCUT2D eigenvalue weighted by molar-refractivity contribution is 0.112. The molecule has 0 radical (unpaired) electrons. The maximum atomic E-state index is 13.7. The molecule has 4 heteroatoms. The molecule has 0 aliphatic heterocycles. The Balaban J connectivity index is 2.62. The summed E-state index contributed by atoms with van der Waals surface area (Å²) >= 11 is 0. The van der Waals surface area contributed by atoms with E-state index in [1.165, 1.54) is 31.2 Å². The lowest BCUT2D eigenvalue weighted by Crippen LogP contribution is -1.95. The molecule has 0 N–H and O–H groups in total. The molecule has 0 heterocycles. The average Bonchev–Trinajstić information content (AvgIpc) is 2.37. The fraction of sp³-hybridized carbons (Fsp3) is 0.0714. The van der Waals surface area contributed by atoms with Crippen LogP contribution in [-0.4, -0.2) is 6.29 Å². The second kappa shape index (κ2) is 4.64. The smallest absolute Gasteiger partial charge is 0.166 e. The van der Waals surface area contributed by atoms with Crippen molar-refractivity contribution < 1.29 is 18.0 Å². The number of aldehydes is 1. The van der Waals surface area contributed by atoms with E-state index in [0.717, 1.165) is 6.07 Å². The first-order chi connectivity index (χ1) is 8.54. The summed E-state index contributed by atoms with van der Waals surface area (Å²) in [6.07, 6.45) is 0.335. The molecule has 0 aliphatic carbocycles. The first kappa shape index (κ1) is 12.4. The van der Waals surface area contributed by atoms with Crippen molar-refractivity contribution in [2.24, 2.45) is 0 Å². The minimum atomic E-state index is -1.00. The molecular formula is C14H9F3O. The molecule has 2 rings (SSSR count). The van der Waals surface area contributed by atoms with E-state index < -0.39 is 17.5 Å². The van der Waals surface area contributed by atoms with Crippen molar-refractivity contribution in [3.05, 3.63) is 58.9 Å². The van der Waals surface area contributed by atoms with Gasteiger partial charge in [-0.05, 0) is 30.2 Å². The maximum Gasteiger partial charge on any atom is 0.166 e. The first-order valence-electron chi connectivity index (χ1n) is 5.24. The summed E-state index contributed by atoms with van der Waals surface area (Å²) in [4.78, 5) is 10.6. The minimum Gasteiger partial charge on any atom is -0.298 e. The van der Waals surface area contributed by atoms with Crippen LogP contribution < -0.4 is 0 Å². The van der Waals surface area contributed by atoms with Crippen molar-refractivity contribution in [3.8, 4) is 11.1 Å². The predicted molar refractivity (Wildman–Crippen MR) is 61.9 cm³/mol. The van der Waals surface area contributed by atoms with Crippen LogP contribution in [0.4, 0.5) is 13.2 Å². The molecule has 0 aliphatic rings. The molecule has 0 amide bonds. The van der Waals surface area contributed by atoms with E-state index in [4.69, 9.17) is 0 Å². The summed E-state index contributed by atoms with van der Waals surface area (Å²) in [5, 5.41) is 0. The van der Waals surface area contributed by atoms with Gasteiger partial charge < -0.3 is 0 Å². The van der Waals surface area contributed by atoms with Gasteiger partial charge in [0.2, 0.25) is 0 Å². The number of benzene rings is 2. The average molecular weight is 250 g/mol. The molecule has 92 valence electrons. The van der Waals surface area contributed by atoms with Gasteiger partial charge in [-0.15, -0.1) is 0 Å². The van der Waals surface area contributed by atoms with Gasteiger partial charge in [-0.3, -0.25) is 4.79 Å². The highest BCUT2D eigenvalue weighted by Gasteiger charge is 2.13. The van der Waals surface area contributed by atoms with Gasteiger partial charge in [0.05, 0.1) is 5.56 Å². The number of rotatable bonds is 2. The van der Waals surface area contributed by atoms with Gasteiger partial charge in [-0.2, -0.15) is 0 Å². The highest BCUT2D eigenvalue weighted by atomic mass is 19.2. The van der Waals surface area contributed by atoms with E-state index >= 15 is 0 Å². The van der Waals surface area contributed by atoms with E-state index in [9.17, 15) is 18.0 Å². The second-order valence-corrected chi connectivity index (χ2v) is 3.91. The highest BCUT2D eigenvalue weighted by Crippen LogP contribution is 2.27. The number of hydrogen-bond acceptors (Lipinski definition) is 1. The molecule has 18 heavy (non-hydrogen) atoms. The monoisotopic (exact) mass is 250 g/mol. The Morgan fingerprint density at radius 1 is 1.00 bits per heavy atom. The van der Waals surface area contributed by atoms with E-state index in [0.29, 0.717) is 6.29 Å². The third-order valence-electron chi connectivity index (χ3n) is 2.71. The Morgan fingerprint density at radius 2 is 1.72 bits per heavy atom. The van der Waals surface area contributed by atoms with Crippen LogP contribution in [0.3, 0.4) is 0 Å². The van der Waals surface area contributed by atoms with Crippen LogP contribution in [-0.2, 0) is 0 Å². The molecule has 0 aromatic heterocycles. The van der Waals surface area contributed by atoms with Gasteiger partial charge in [0.25, 0.3) is 0 Å². The number of hydrogen-bond donors (Lipinski definition) is 0. The fourth-order valence-electron chi connectivity index (χ4n) is 1.67. The highest BCUT2D eigenvalue weighted by molar-refractivity contribution is 5.79. The van der Waals surface area contributed by atoms with E-state index in [1.807, 2.05) is 0 Å². The number of aryl methyl sites for hydroxylation is 1. The molecule has 2 aromatic rings. The summed E-state index contributed by atoms with van der Waals surface area (Å²) < 4.78 is 40.3. The lowest BCUT2D eigenvalue weighted by Gasteiger charge is -2.07. The summed E-state index contributed by atoms with van der Waals surface area (Å²) in [7, 11) is 0. The lowest BCUT2D eigenvalue weighted by atomic mass is 10.0. The Bertz CT molecular complexity index is 621. The van der Waals surface area contributed by atoms with Crippen LogP contribution in [0.1, 0.15) is 15.9 Å². The van der Waals surface area contributed by atoms with E-state index in [1.54, 1.807) is 0 Å². The Hall–Kier alpha value is -2.10. The van der Waals surface area contributed by atoms with Crippen LogP contribution in [0.5, 0.6) is 0 Å². The Labute approximate surface area is 102 Å². The predicted octanol–water partition coefficient (Wildman–Crippen LogP) is 3.89. The minimum absolute atomic E-state index is 0.00111. The largest absolute Gasteiger partial charge is 0.298 e. The molecule has 2 aromatic carbocycles. The van der Waals surface area contributed by atoms with Crippen molar-refractivity contribution in [1.82, 2.24) is 0 Å². The molecule has 0 spiro atoms. The third-order valence-corrected chi connectivity index (χ3v) is 2.71. The molecule has 1 nitrogen and oxygen atoms in total. The summed E-state index contributed by atoms with van der Waals surface area (Å²) in [5.74, 6) is -2.63. The van der Waals surface area contributed by atoms with Gasteiger partial charge in [-0.1, -0.05) is 18.2 Å². The van der Waals surface area contributed by atoms with Crippen molar-refractivity contribution >= 4 is 6.29 Å².